The van der Waals surface area contributed by atoms with Crippen molar-refractivity contribution in [3.8, 4) is 0 Å². The van der Waals surface area contributed by atoms with E-state index in [9.17, 15) is 5.11 Å². The summed E-state index contributed by atoms with van der Waals surface area (Å²) in [4.78, 5) is 5.25. The van der Waals surface area contributed by atoms with Crippen molar-refractivity contribution in [2.24, 2.45) is 0 Å². The summed E-state index contributed by atoms with van der Waals surface area (Å²) in [6.07, 6.45) is 5.71. The van der Waals surface area contributed by atoms with Crippen molar-refractivity contribution in [3.05, 3.63) is 59.9 Å². The van der Waals surface area contributed by atoms with E-state index in [-0.39, 0.29) is 0 Å². The molecule has 2 rings (SSSR count). The Balaban J connectivity index is 2.06. The van der Waals surface area contributed by atoms with Gasteiger partial charge < -0.3 is 5.11 Å². The second kappa shape index (κ2) is 5.84. The van der Waals surface area contributed by atoms with Gasteiger partial charge in [-0.1, -0.05) is 18.2 Å². The van der Waals surface area contributed by atoms with Crippen molar-refractivity contribution >= 4 is 11.8 Å². The van der Waals surface area contributed by atoms with Crippen LogP contribution in [0.5, 0.6) is 0 Å². The summed E-state index contributed by atoms with van der Waals surface area (Å²) in [5, 5.41) is 10.1. The largest absolute Gasteiger partial charge is 0.388 e. The molecule has 2 nitrogen and oxygen atoms in total. The maximum atomic E-state index is 10.1. The number of hydrogen-bond donors (Lipinski definition) is 1. The number of benzene rings is 1. The first-order valence-electron chi connectivity index (χ1n) is 5.50. The SMILES string of the molecule is CSc1ccc(C(O)Cc2cccnc2)cc1. The van der Waals surface area contributed by atoms with Crippen LogP contribution >= 0.6 is 11.8 Å². The zero-order valence-electron chi connectivity index (χ0n) is 9.71. The minimum Gasteiger partial charge on any atom is -0.388 e. The number of rotatable bonds is 4. The number of aliphatic hydroxyl groups excluding tert-OH is 1. The Morgan fingerprint density at radius 3 is 2.59 bits per heavy atom. The minimum absolute atomic E-state index is 0.463. The lowest BCUT2D eigenvalue weighted by atomic mass is 10.0. The summed E-state index contributed by atoms with van der Waals surface area (Å²) in [6.45, 7) is 0. The highest BCUT2D eigenvalue weighted by atomic mass is 32.2. The Bertz CT molecular complexity index is 455. The van der Waals surface area contributed by atoms with Crippen LogP contribution < -0.4 is 0 Å². The van der Waals surface area contributed by atoms with E-state index >= 15 is 0 Å². The van der Waals surface area contributed by atoms with Crippen LogP contribution in [0.1, 0.15) is 17.2 Å². The Hall–Kier alpha value is -1.32. The van der Waals surface area contributed by atoms with Crippen LogP contribution in [-0.4, -0.2) is 16.3 Å². The van der Waals surface area contributed by atoms with Crippen LogP contribution in [-0.2, 0) is 6.42 Å². The number of thioether (sulfide) groups is 1. The van der Waals surface area contributed by atoms with Crippen LogP contribution in [0.2, 0.25) is 0 Å². The predicted molar refractivity (Wildman–Crippen MR) is 71.1 cm³/mol. The number of aliphatic hydroxyl groups is 1. The van der Waals surface area contributed by atoms with Crippen molar-refractivity contribution in [1.29, 1.82) is 0 Å². The summed E-state index contributed by atoms with van der Waals surface area (Å²) in [5.74, 6) is 0. The molecule has 0 radical (unpaired) electrons. The molecule has 1 aromatic heterocycles. The summed E-state index contributed by atoms with van der Waals surface area (Å²) in [5.41, 5.74) is 2.00. The molecule has 3 heteroatoms. The van der Waals surface area contributed by atoms with Crippen LogP contribution in [0.3, 0.4) is 0 Å². The molecule has 0 aliphatic carbocycles. The second-order valence-electron chi connectivity index (χ2n) is 3.85. The molecule has 17 heavy (non-hydrogen) atoms. The van der Waals surface area contributed by atoms with Gasteiger partial charge in [0.2, 0.25) is 0 Å². The molecule has 2 aromatic rings. The molecule has 0 fully saturated rings. The first-order chi connectivity index (χ1) is 8.29. The van der Waals surface area contributed by atoms with Gasteiger partial charge in [-0.2, -0.15) is 0 Å². The molecule has 0 saturated heterocycles. The lowest BCUT2D eigenvalue weighted by Crippen LogP contribution is -2.01. The molecule has 1 N–H and O–H groups in total. The molecule has 0 spiro atoms. The van der Waals surface area contributed by atoms with Gasteiger partial charge in [0.05, 0.1) is 6.10 Å². The fraction of sp³-hybridized carbons (Fsp3) is 0.214. The standard InChI is InChI=1S/C14H15NOS/c1-17-13-6-4-12(5-7-13)14(16)9-11-3-2-8-15-10-11/h2-8,10,14,16H,9H2,1H3. The predicted octanol–water partition coefficient (Wildman–Crippen LogP) is 3.08. The average Bonchev–Trinajstić information content (AvgIpc) is 2.40. The molecular weight excluding hydrogens is 230 g/mol. The minimum atomic E-state index is -0.463. The van der Waals surface area contributed by atoms with Gasteiger partial charge in [-0.05, 0) is 35.6 Å². The normalized spacial score (nSPS) is 12.4. The molecule has 1 unspecified atom stereocenters. The van der Waals surface area contributed by atoms with Crippen molar-refractivity contribution in [2.45, 2.75) is 17.4 Å². The fourth-order valence-electron chi connectivity index (χ4n) is 1.69. The summed E-state index contributed by atoms with van der Waals surface area (Å²) >= 11 is 1.70. The van der Waals surface area contributed by atoms with Gasteiger partial charge in [0, 0.05) is 23.7 Å². The molecule has 0 aliphatic rings. The van der Waals surface area contributed by atoms with Gasteiger partial charge >= 0.3 is 0 Å². The van der Waals surface area contributed by atoms with E-state index in [2.05, 4.69) is 4.98 Å². The number of hydrogen-bond acceptors (Lipinski definition) is 3. The van der Waals surface area contributed by atoms with E-state index in [0.717, 1.165) is 11.1 Å². The van der Waals surface area contributed by atoms with Crippen molar-refractivity contribution < 1.29 is 5.11 Å². The summed E-state index contributed by atoms with van der Waals surface area (Å²) in [7, 11) is 0. The Morgan fingerprint density at radius 1 is 1.24 bits per heavy atom. The topological polar surface area (TPSA) is 33.1 Å². The molecule has 1 atom stereocenters. The van der Waals surface area contributed by atoms with Crippen molar-refractivity contribution in [1.82, 2.24) is 4.98 Å². The van der Waals surface area contributed by atoms with Crippen molar-refractivity contribution in [2.75, 3.05) is 6.26 Å². The highest BCUT2D eigenvalue weighted by molar-refractivity contribution is 7.98. The van der Waals surface area contributed by atoms with Gasteiger partial charge in [-0.15, -0.1) is 11.8 Å². The first-order valence-corrected chi connectivity index (χ1v) is 6.73. The summed E-state index contributed by atoms with van der Waals surface area (Å²) in [6, 6.07) is 11.9. The zero-order chi connectivity index (χ0) is 12.1. The average molecular weight is 245 g/mol. The van der Waals surface area contributed by atoms with Crippen molar-refractivity contribution in [3.63, 3.8) is 0 Å². The van der Waals surface area contributed by atoms with Crippen LogP contribution in [0.15, 0.2) is 53.7 Å². The monoisotopic (exact) mass is 245 g/mol. The fourth-order valence-corrected chi connectivity index (χ4v) is 2.09. The highest BCUT2D eigenvalue weighted by Gasteiger charge is 2.08. The highest BCUT2D eigenvalue weighted by Crippen LogP contribution is 2.21. The molecule has 0 bridgehead atoms. The van der Waals surface area contributed by atoms with Gasteiger partial charge in [-0.3, -0.25) is 4.98 Å². The van der Waals surface area contributed by atoms with E-state index in [1.807, 2.05) is 42.7 Å². The van der Waals surface area contributed by atoms with Crippen LogP contribution in [0, 0.1) is 0 Å². The third-order valence-corrected chi connectivity index (χ3v) is 3.40. The molecular formula is C14H15NOS. The van der Waals surface area contributed by atoms with Gasteiger partial charge in [0.25, 0.3) is 0 Å². The van der Waals surface area contributed by atoms with Gasteiger partial charge in [-0.25, -0.2) is 0 Å². The second-order valence-corrected chi connectivity index (χ2v) is 4.73. The molecule has 0 amide bonds. The van der Waals surface area contributed by atoms with E-state index in [1.54, 1.807) is 24.2 Å². The van der Waals surface area contributed by atoms with E-state index in [0.29, 0.717) is 6.42 Å². The van der Waals surface area contributed by atoms with E-state index in [1.165, 1.54) is 4.90 Å². The quantitative estimate of drug-likeness (QED) is 0.840. The van der Waals surface area contributed by atoms with E-state index < -0.39 is 6.10 Å². The number of nitrogens with zero attached hydrogens (tertiary/aromatic N) is 1. The van der Waals surface area contributed by atoms with E-state index in [4.69, 9.17) is 0 Å². The Labute approximate surface area is 106 Å². The smallest absolute Gasteiger partial charge is 0.0830 e. The summed E-state index contributed by atoms with van der Waals surface area (Å²) < 4.78 is 0. The molecule has 0 aliphatic heterocycles. The lowest BCUT2D eigenvalue weighted by Gasteiger charge is -2.11. The number of aromatic nitrogens is 1. The zero-order valence-corrected chi connectivity index (χ0v) is 10.5. The Kier molecular flexibility index (Phi) is 4.18. The lowest BCUT2D eigenvalue weighted by molar-refractivity contribution is 0.178. The molecule has 1 aromatic carbocycles. The maximum Gasteiger partial charge on any atom is 0.0830 e. The molecule has 88 valence electrons. The first kappa shape index (κ1) is 12.1. The van der Waals surface area contributed by atoms with Crippen LogP contribution in [0.4, 0.5) is 0 Å². The molecule has 0 saturated carbocycles. The maximum absolute atomic E-state index is 10.1. The van der Waals surface area contributed by atoms with Crippen LogP contribution in [0.25, 0.3) is 0 Å². The van der Waals surface area contributed by atoms with Gasteiger partial charge in [0.15, 0.2) is 0 Å². The molecule has 1 heterocycles. The Morgan fingerprint density at radius 2 is 2.00 bits per heavy atom. The third-order valence-electron chi connectivity index (χ3n) is 2.65. The third kappa shape index (κ3) is 3.32. The van der Waals surface area contributed by atoms with Gasteiger partial charge in [0.1, 0.15) is 0 Å². The number of pyridine rings is 1.